The number of rotatable bonds is 5. The molecule has 0 unspecified atom stereocenters. The van der Waals surface area contributed by atoms with Crippen molar-refractivity contribution in [3.05, 3.63) is 29.3 Å². The molecule has 1 aliphatic rings. The third kappa shape index (κ3) is 3.85. The summed E-state index contributed by atoms with van der Waals surface area (Å²) in [7, 11) is 0. The fourth-order valence-electron chi connectivity index (χ4n) is 2.38. The Morgan fingerprint density at radius 2 is 2.10 bits per heavy atom. The monoisotopic (exact) mass is 318 g/mol. The third-order valence-corrected chi connectivity index (χ3v) is 3.68. The van der Waals surface area contributed by atoms with E-state index < -0.39 is 11.7 Å². The molecule has 0 aromatic heterocycles. The second-order valence-corrected chi connectivity index (χ2v) is 5.45. The van der Waals surface area contributed by atoms with Crippen molar-refractivity contribution in [2.24, 2.45) is 5.73 Å². The summed E-state index contributed by atoms with van der Waals surface area (Å²) in [5.41, 5.74) is 5.04. The molecule has 0 bridgehead atoms. The van der Waals surface area contributed by atoms with Crippen molar-refractivity contribution in [2.75, 3.05) is 11.9 Å². The number of nitrogens with one attached hydrogen (secondary N) is 1. The minimum atomic E-state index is -4.46. The SMILES string of the molecule is CCOC1CC(Nc2ccc(C(F)(F)F)c(C(N)=S)c2)C1. The molecule has 0 saturated heterocycles. The number of anilines is 1. The predicted molar refractivity (Wildman–Crippen MR) is 79.4 cm³/mol. The van der Waals surface area contributed by atoms with E-state index in [4.69, 9.17) is 22.7 Å². The Hall–Kier alpha value is -1.34. The van der Waals surface area contributed by atoms with Crippen LogP contribution in [0.25, 0.3) is 0 Å². The van der Waals surface area contributed by atoms with E-state index in [9.17, 15) is 13.2 Å². The van der Waals surface area contributed by atoms with Gasteiger partial charge in [0.15, 0.2) is 0 Å². The van der Waals surface area contributed by atoms with Gasteiger partial charge in [0, 0.05) is 23.9 Å². The van der Waals surface area contributed by atoms with Gasteiger partial charge in [-0.25, -0.2) is 0 Å². The minimum absolute atomic E-state index is 0.150. The Bertz CT molecular complexity index is 527. The first-order chi connectivity index (χ1) is 9.81. The molecule has 0 spiro atoms. The summed E-state index contributed by atoms with van der Waals surface area (Å²) in [6.45, 7) is 2.61. The quantitative estimate of drug-likeness (QED) is 0.818. The number of ether oxygens (including phenoxy) is 1. The van der Waals surface area contributed by atoms with Crippen LogP contribution >= 0.6 is 12.2 Å². The maximum absolute atomic E-state index is 12.9. The number of halogens is 3. The van der Waals surface area contributed by atoms with Crippen molar-refractivity contribution in [2.45, 2.75) is 38.1 Å². The predicted octanol–water partition coefficient (Wildman–Crippen LogP) is 3.32. The van der Waals surface area contributed by atoms with E-state index in [1.807, 2.05) is 6.92 Å². The number of nitrogens with two attached hydrogens (primary N) is 1. The molecular formula is C14H17F3N2OS. The van der Waals surface area contributed by atoms with Gasteiger partial charge in [0.2, 0.25) is 0 Å². The fraction of sp³-hybridized carbons (Fsp3) is 0.500. The van der Waals surface area contributed by atoms with E-state index in [1.54, 1.807) is 0 Å². The van der Waals surface area contributed by atoms with E-state index in [0.717, 1.165) is 18.9 Å². The van der Waals surface area contributed by atoms with E-state index >= 15 is 0 Å². The van der Waals surface area contributed by atoms with Crippen molar-refractivity contribution in [1.82, 2.24) is 0 Å². The van der Waals surface area contributed by atoms with Crippen LogP contribution in [0.1, 0.15) is 30.9 Å². The molecule has 1 fully saturated rings. The molecule has 2 rings (SSSR count). The number of hydrogen-bond acceptors (Lipinski definition) is 3. The molecule has 1 aromatic carbocycles. The molecule has 0 heterocycles. The van der Waals surface area contributed by atoms with Crippen molar-refractivity contribution >= 4 is 22.9 Å². The largest absolute Gasteiger partial charge is 0.417 e. The highest BCUT2D eigenvalue weighted by molar-refractivity contribution is 7.80. The van der Waals surface area contributed by atoms with Crippen LogP contribution in [-0.4, -0.2) is 23.7 Å². The first kappa shape index (κ1) is 16.0. The molecule has 1 saturated carbocycles. The lowest BCUT2D eigenvalue weighted by Crippen LogP contribution is -2.40. The Morgan fingerprint density at radius 1 is 1.43 bits per heavy atom. The number of thiocarbonyl (C=S) groups is 1. The zero-order chi connectivity index (χ0) is 15.6. The summed E-state index contributed by atoms with van der Waals surface area (Å²) < 4.78 is 44.0. The molecular weight excluding hydrogens is 301 g/mol. The van der Waals surface area contributed by atoms with E-state index in [-0.39, 0.29) is 22.7 Å². The lowest BCUT2D eigenvalue weighted by atomic mass is 9.89. The topological polar surface area (TPSA) is 47.3 Å². The van der Waals surface area contributed by atoms with E-state index in [1.165, 1.54) is 12.1 Å². The molecule has 0 atom stereocenters. The average Bonchev–Trinajstić information content (AvgIpc) is 2.35. The van der Waals surface area contributed by atoms with E-state index in [2.05, 4.69) is 5.32 Å². The summed E-state index contributed by atoms with van der Waals surface area (Å²) in [6, 6.07) is 3.98. The maximum Gasteiger partial charge on any atom is 0.417 e. The zero-order valence-electron chi connectivity index (χ0n) is 11.5. The van der Waals surface area contributed by atoms with Crippen LogP contribution in [0.2, 0.25) is 0 Å². The smallest absolute Gasteiger partial charge is 0.389 e. The van der Waals surface area contributed by atoms with Gasteiger partial charge in [-0.15, -0.1) is 0 Å². The lowest BCUT2D eigenvalue weighted by Gasteiger charge is -2.36. The Kier molecular flexibility index (Phi) is 4.73. The minimum Gasteiger partial charge on any atom is -0.389 e. The summed E-state index contributed by atoms with van der Waals surface area (Å²) in [5.74, 6) is 0. The van der Waals surface area contributed by atoms with E-state index in [0.29, 0.717) is 12.3 Å². The molecule has 3 nitrogen and oxygen atoms in total. The molecule has 0 aliphatic heterocycles. The van der Waals surface area contributed by atoms with Crippen molar-refractivity contribution in [3.63, 3.8) is 0 Å². The standard InChI is InChI=1S/C14H17F3N2OS/c1-2-20-10-5-9(6-10)19-8-3-4-12(14(15,16)17)11(7-8)13(18)21/h3-4,7,9-10,19H,2,5-6H2,1H3,(H2,18,21). The lowest BCUT2D eigenvalue weighted by molar-refractivity contribution is -0.137. The third-order valence-electron chi connectivity index (χ3n) is 3.46. The van der Waals surface area contributed by atoms with Crippen LogP contribution < -0.4 is 11.1 Å². The van der Waals surface area contributed by atoms with Gasteiger partial charge in [0.05, 0.1) is 11.7 Å². The van der Waals surface area contributed by atoms with Gasteiger partial charge in [0.1, 0.15) is 4.99 Å². The maximum atomic E-state index is 12.9. The van der Waals surface area contributed by atoms with Crippen LogP contribution in [0.5, 0.6) is 0 Å². The first-order valence-electron chi connectivity index (χ1n) is 6.70. The molecule has 1 aromatic rings. The van der Waals surface area contributed by atoms with Gasteiger partial charge in [-0.05, 0) is 38.0 Å². The zero-order valence-corrected chi connectivity index (χ0v) is 12.4. The number of benzene rings is 1. The number of alkyl halides is 3. The van der Waals surface area contributed by atoms with Gasteiger partial charge in [-0.2, -0.15) is 13.2 Å². The highest BCUT2D eigenvalue weighted by Gasteiger charge is 2.34. The van der Waals surface area contributed by atoms with Gasteiger partial charge in [-0.3, -0.25) is 0 Å². The normalized spacial score (nSPS) is 21.7. The van der Waals surface area contributed by atoms with Crippen molar-refractivity contribution in [3.8, 4) is 0 Å². The molecule has 21 heavy (non-hydrogen) atoms. The van der Waals surface area contributed by atoms with Gasteiger partial charge in [-0.1, -0.05) is 12.2 Å². The number of hydrogen-bond donors (Lipinski definition) is 2. The Morgan fingerprint density at radius 3 is 2.62 bits per heavy atom. The van der Waals surface area contributed by atoms with Gasteiger partial charge in [0.25, 0.3) is 0 Å². The second kappa shape index (κ2) is 6.19. The summed E-state index contributed by atoms with van der Waals surface area (Å²) >= 11 is 4.72. The molecule has 0 radical (unpaired) electrons. The van der Waals surface area contributed by atoms with Crippen molar-refractivity contribution < 1.29 is 17.9 Å². The average molecular weight is 318 g/mol. The summed E-state index contributed by atoms with van der Waals surface area (Å²) in [5, 5.41) is 3.18. The molecule has 7 heteroatoms. The summed E-state index contributed by atoms with van der Waals surface area (Å²) in [4.78, 5) is -0.258. The van der Waals surface area contributed by atoms with Gasteiger partial charge >= 0.3 is 6.18 Å². The first-order valence-corrected chi connectivity index (χ1v) is 7.11. The van der Waals surface area contributed by atoms with Crippen molar-refractivity contribution in [1.29, 1.82) is 0 Å². The molecule has 1 aliphatic carbocycles. The van der Waals surface area contributed by atoms with Crippen LogP contribution in [0.4, 0.5) is 18.9 Å². The Labute approximate surface area is 126 Å². The van der Waals surface area contributed by atoms with Crippen LogP contribution in [0.3, 0.4) is 0 Å². The van der Waals surface area contributed by atoms with Crippen LogP contribution in [0.15, 0.2) is 18.2 Å². The molecule has 116 valence electrons. The van der Waals surface area contributed by atoms with Crippen LogP contribution in [0, 0.1) is 0 Å². The Balaban J connectivity index is 2.09. The fourth-order valence-corrected chi connectivity index (χ4v) is 2.54. The van der Waals surface area contributed by atoms with Crippen LogP contribution in [-0.2, 0) is 10.9 Å². The highest BCUT2D eigenvalue weighted by Crippen LogP contribution is 2.34. The summed E-state index contributed by atoms with van der Waals surface area (Å²) in [6.07, 6.45) is -2.54. The molecule has 3 N–H and O–H groups in total. The second-order valence-electron chi connectivity index (χ2n) is 5.01. The highest BCUT2D eigenvalue weighted by atomic mass is 32.1. The molecule has 0 amide bonds. The van der Waals surface area contributed by atoms with Gasteiger partial charge < -0.3 is 15.8 Å².